The predicted molar refractivity (Wildman–Crippen MR) is 92.1 cm³/mol. The topological polar surface area (TPSA) is 75.2 Å². The molecule has 1 saturated heterocycles. The molecule has 6 nitrogen and oxygen atoms in total. The molecule has 24 heavy (non-hydrogen) atoms. The lowest BCUT2D eigenvalue weighted by Crippen LogP contribution is -2.40. The maximum absolute atomic E-state index is 12.5. The van der Waals surface area contributed by atoms with E-state index in [2.05, 4.69) is 15.3 Å². The first-order valence-corrected chi connectivity index (χ1v) is 8.91. The first-order valence-electron chi connectivity index (χ1n) is 8.03. The number of hydrogen-bond acceptors (Lipinski definition) is 5. The second-order valence-electron chi connectivity index (χ2n) is 5.91. The average molecular weight is 344 g/mol. The standard InChI is InChI=1S/C17H20N4O2S/c1-18-16(22)14-9-13(19-11-20-14)8-12-4-2-6-21(10-12)17(23)15-5-3-7-24-15/h3,5,7,9,11-12H,2,4,6,8,10H2,1H3,(H,18,22)/t12-/m0/s1. The van der Waals surface area contributed by atoms with Crippen LogP contribution in [0.25, 0.3) is 0 Å². The Balaban J connectivity index is 1.65. The van der Waals surface area contributed by atoms with Crippen molar-refractivity contribution in [1.29, 1.82) is 0 Å². The molecule has 2 amide bonds. The van der Waals surface area contributed by atoms with Crippen molar-refractivity contribution in [2.24, 2.45) is 5.92 Å². The van der Waals surface area contributed by atoms with Crippen LogP contribution in [0.1, 0.15) is 38.7 Å². The van der Waals surface area contributed by atoms with E-state index in [1.165, 1.54) is 17.7 Å². The van der Waals surface area contributed by atoms with Gasteiger partial charge < -0.3 is 10.2 Å². The molecule has 0 unspecified atom stereocenters. The number of likely N-dealkylation sites (tertiary alicyclic amines) is 1. The van der Waals surface area contributed by atoms with Gasteiger partial charge in [-0.25, -0.2) is 9.97 Å². The van der Waals surface area contributed by atoms with Crippen LogP contribution in [0.15, 0.2) is 29.9 Å². The molecular weight excluding hydrogens is 324 g/mol. The summed E-state index contributed by atoms with van der Waals surface area (Å²) in [4.78, 5) is 35.2. The van der Waals surface area contributed by atoms with Gasteiger partial charge >= 0.3 is 0 Å². The summed E-state index contributed by atoms with van der Waals surface area (Å²) >= 11 is 1.48. The van der Waals surface area contributed by atoms with Gasteiger partial charge in [-0.2, -0.15) is 0 Å². The van der Waals surface area contributed by atoms with Gasteiger partial charge in [-0.1, -0.05) is 6.07 Å². The second kappa shape index (κ2) is 7.53. The van der Waals surface area contributed by atoms with Crippen molar-refractivity contribution in [3.63, 3.8) is 0 Å². The number of rotatable bonds is 4. The van der Waals surface area contributed by atoms with E-state index in [9.17, 15) is 9.59 Å². The fourth-order valence-electron chi connectivity index (χ4n) is 3.03. The number of piperidine rings is 1. The highest BCUT2D eigenvalue weighted by molar-refractivity contribution is 7.12. The number of thiophene rings is 1. The van der Waals surface area contributed by atoms with Crippen molar-refractivity contribution in [1.82, 2.24) is 20.2 Å². The Morgan fingerprint density at radius 1 is 1.42 bits per heavy atom. The van der Waals surface area contributed by atoms with Crippen molar-refractivity contribution in [2.45, 2.75) is 19.3 Å². The van der Waals surface area contributed by atoms with Crippen LogP contribution in [-0.2, 0) is 6.42 Å². The van der Waals surface area contributed by atoms with E-state index in [-0.39, 0.29) is 11.8 Å². The Kier molecular flexibility index (Phi) is 5.20. The molecule has 0 aliphatic carbocycles. The molecule has 0 bridgehead atoms. The predicted octanol–water partition coefficient (Wildman–Crippen LogP) is 1.99. The molecule has 3 rings (SSSR count). The Morgan fingerprint density at radius 2 is 2.29 bits per heavy atom. The van der Waals surface area contributed by atoms with Gasteiger partial charge in [-0.15, -0.1) is 11.3 Å². The fraction of sp³-hybridized carbons (Fsp3) is 0.412. The SMILES string of the molecule is CNC(=O)c1cc(C[C@@H]2CCCN(C(=O)c3cccs3)C2)ncn1. The molecule has 2 aromatic rings. The molecule has 1 fully saturated rings. The quantitative estimate of drug-likeness (QED) is 0.920. The zero-order valence-electron chi connectivity index (χ0n) is 13.6. The van der Waals surface area contributed by atoms with Crippen molar-refractivity contribution in [3.05, 3.63) is 46.2 Å². The van der Waals surface area contributed by atoms with Gasteiger partial charge in [0.25, 0.3) is 11.8 Å². The molecule has 0 spiro atoms. The van der Waals surface area contributed by atoms with Crippen LogP contribution in [0.3, 0.4) is 0 Å². The first-order chi connectivity index (χ1) is 11.7. The van der Waals surface area contributed by atoms with E-state index in [1.54, 1.807) is 13.1 Å². The molecule has 1 aliphatic heterocycles. The Morgan fingerprint density at radius 3 is 3.04 bits per heavy atom. The summed E-state index contributed by atoms with van der Waals surface area (Å²) < 4.78 is 0. The largest absolute Gasteiger partial charge is 0.354 e. The molecule has 0 saturated carbocycles. The van der Waals surface area contributed by atoms with Crippen LogP contribution < -0.4 is 5.32 Å². The molecular formula is C17H20N4O2S. The number of nitrogens with one attached hydrogen (secondary N) is 1. The first kappa shape index (κ1) is 16.6. The third-order valence-corrected chi connectivity index (χ3v) is 5.08. The van der Waals surface area contributed by atoms with Crippen molar-refractivity contribution < 1.29 is 9.59 Å². The van der Waals surface area contributed by atoms with E-state index in [4.69, 9.17) is 0 Å². The van der Waals surface area contributed by atoms with Crippen molar-refractivity contribution in [3.8, 4) is 0 Å². The van der Waals surface area contributed by atoms with Gasteiger partial charge in [0.1, 0.15) is 12.0 Å². The highest BCUT2D eigenvalue weighted by atomic mass is 32.1. The third kappa shape index (κ3) is 3.79. The van der Waals surface area contributed by atoms with E-state index in [0.29, 0.717) is 11.6 Å². The van der Waals surface area contributed by atoms with Crippen LogP contribution in [0.4, 0.5) is 0 Å². The molecule has 2 aromatic heterocycles. The minimum atomic E-state index is -0.211. The monoisotopic (exact) mass is 344 g/mol. The molecule has 1 aliphatic rings. The second-order valence-corrected chi connectivity index (χ2v) is 6.86. The number of amides is 2. The summed E-state index contributed by atoms with van der Waals surface area (Å²) in [5.74, 6) is 0.260. The Bertz CT molecular complexity index is 717. The molecule has 1 N–H and O–H groups in total. The molecule has 0 radical (unpaired) electrons. The number of carbonyl (C=O) groups excluding carboxylic acids is 2. The smallest absolute Gasteiger partial charge is 0.269 e. The third-order valence-electron chi connectivity index (χ3n) is 4.22. The van der Waals surface area contributed by atoms with Crippen LogP contribution in [0.5, 0.6) is 0 Å². The average Bonchev–Trinajstić information content (AvgIpc) is 3.15. The summed E-state index contributed by atoms with van der Waals surface area (Å²) in [6.07, 6.45) is 4.24. The van der Waals surface area contributed by atoms with Crippen LogP contribution in [0.2, 0.25) is 0 Å². The molecule has 0 aromatic carbocycles. The zero-order chi connectivity index (χ0) is 16.9. The van der Waals surface area contributed by atoms with E-state index in [0.717, 1.165) is 42.9 Å². The molecule has 3 heterocycles. The molecule has 126 valence electrons. The maximum atomic E-state index is 12.5. The normalized spacial score (nSPS) is 17.5. The zero-order valence-corrected chi connectivity index (χ0v) is 14.4. The van der Waals surface area contributed by atoms with Crippen molar-refractivity contribution in [2.75, 3.05) is 20.1 Å². The number of carbonyl (C=O) groups is 2. The number of hydrogen-bond donors (Lipinski definition) is 1. The highest BCUT2D eigenvalue weighted by Crippen LogP contribution is 2.23. The van der Waals surface area contributed by atoms with Crippen LogP contribution >= 0.6 is 11.3 Å². The van der Waals surface area contributed by atoms with Gasteiger partial charge in [-0.05, 0) is 42.7 Å². The summed E-state index contributed by atoms with van der Waals surface area (Å²) in [7, 11) is 1.58. The van der Waals surface area contributed by atoms with Gasteiger partial charge in [0.15, 0.2) is 0 Å². The van der Waals surface area contributed by atoms with Crippen molar-refractivity contribution >= 4 is 23.2 Å². The molecule has 1 atom stereocenters. The highest BCUT2D eigenvalue weighted by Gasteiger charge is 2.25. The lowest BCUT2D eigenvalue weighted by atomic mass is 9.93. The minimum absolute atomic E-state index is 0.114. The summed E-state index contributed by atoms with van der Waals surface area (Å²) in [6.45, 7) is 1.54. The summed E-state index contributed by atoms with van der Waals surface area (Å²) in [5.41, 5.74) is 1.23. The van der Waals surface area contributed by atoms with E-state index in [1.807, 2.05) is 22.4 Å². The Labute approximate surface area is 144 Å². The van der Waals surface area contributed by atoms with E-state index < -0.39 is 0 Å². The van der Waals surface area contributed by atoms with Gasteiger partial charge in [0, 0.05) is 25.8 Å². The van der Waals surface area contributed by atoms with Gasteiger partial charge in [0.2, 0.25) is 0 Å². The number of nitrogens with zero attached hydrogens (tertiary/aromatic N) is 3. The summed E-state index contributed by atoms with van der Waals surface area (Å²) in [5, 5.41) is 4.50. The van der Waals surface area contributed by atoms with Crippen LogP contribution in [-0.4, -0.2) is 46.8 Å². The maximum Gasteiger partial charge on any atom is 0.269 e. The van der Waals surface area contributed by atoms with Crippen LogP contribution in [0, 0.1) is 5.92 Å². The fourth-order valence-corrected chi connectivity index (χ4v) is 3.72. The molecule has 7 heteroatoms. The van der Waals surface area contributed by atoms with Gasteiger partial charge in [0.05, 0.1) is 4.88 Å². The minimum Gasteiger partial charge on any atom is -0.354 e. The Hall–Kier alpha value is -2.28. The van der Waals surface area contributed by atoms with Gasteiger partial charge in [-0.3, -0.25) is 9.59 Å². The summed E-state index contributed by atoms with van der Waals surface area (Å²) in [6, 6.07) is 5.51. The number of aromatic nitrogens is 2. The lowest BCUT2D eigenvalue weighted by molar-refractivity contribution is 0.0677. The lowest BCUT2D eigenvalue weighted by Gasteiger charge is -2.32. The van der Waals surface area contributed by atoms with E-state index >= 15 is 0 Å².